The standard InChI is InChI=1S/C14H14N2O3/c1-8-4-5-10(11(6-8)19-3)13-15-7-9(2)12(16-13)14(17)18/h4-7H,1-3H3,(H,17,18). The number of carboxylic acid groups (broad SMARTS) is 1. The number of hydrogen-bond acceptors (Lipinski definition) is 4. The van der Waals surface area contributed by atoms with Gasteiger partial charge in [0.25, 0.3) is 0 Å². The summed E-state index contributed by atoms with van der Waals surface area (Å²) in [5.74, 6) is -0.0905. The molecule has 1 N–H and O–H groups in total. The second kappa shape index (κ2) is 5.06. The molecule has 0 bridgehead atoms. The molecule has 0 unspecified atom stereocenters. The number of rotatable bonds is 3. The smallest absolute Gasteiger partial charge is 0.354 e. The van der Waals surface area contributed by atoms with E-state index in [0.717, 1.165) is 5.56 Å². The van der Waals surface area contributed by atoms with Gasteiger partial charge in [-0.05, 0) is 31.5 Å². The van der Waals surface area contributed by atoms with Crippen molar-refractivity contribution in [1.29, 1.82) is 0 Å². The van der Waals surface area contributed by atoms with Gasteiger partial charge in [-0.25, -0.2) is 14.8 Å². The van der Waals surface area contributed by atoms with Gasteiger partial charge in [-0.1, -0.05) is 6.07 Å². The van der Waals surface area contributed by atoms with Crippen molar-refractivity contribution >= 4 is 5.97 Å². The summed E-state index contributed by atoms with van der Waals surface area (Å²) in [4.78, 5) is 19.4. The number of ether oxygens (including phenoxy) is 1. The number of benzene rings is 1. The molecular weight excluding hydrogens is 244 g/mol. The van der Waals surface area contributed by atoms with Gasteiger partial charge >= 0.3 is 5.97 Å². The fraction of sp³-hybridized carbons (Fsp3) is 0.214. The molecule has 0 spiro atoms. The molecule has 0 aliphatic carbocycles. The predicted molar refractivity (Wildman–Crippen MR) is 70.5 cm³/mol. The fourth-order valence-electron chi connectivity index (χ4n) is 1.77. The van der Waals surface area contributed by atoms with E-state index in [9.17, 15) is 4.79 Å². The first kappa shape index (κ1) is 13.0. The molecule has 0 atom stereocenters. The van der Waals surface area contributed by atoms with Crippen LogP contribution >= 0.6 is 0 Å². The van der Waals surface area contributed by atoms with Crippen molar-refractivity contribution in [1.82, 2.24) is 9.97 Å². The first-order chi connectivity index (χ1) is 9.02. The number of carbonyl (C=O) groups is 1. The zero-order valence-electron chi connectivity index (χ0n) is 11.0. The number of methoxy groups -OCH3 is 1. The zero-order valence-corrected chi connectivity index (χ0v) is 11.0. The highest BCUT2D eigenvalue weighted by atomic mass is 16.5. The van der Waals surface area contributed by atoms with E-state index in [1.54, 1.807) is 14.0 Å². The topological polar surface area (TPSA) is 72.3 Å². The Labute approximate surface area is 110 Å². The van der Waals surface area contributed by atoms with Crippen LogP contribution in [0.3, 0.4) is 0 Å². The van der Waals surface area contributed by atoms with E-state index in [1.165, 1.54) is 6.20 Å². The lowest BCUT2D eigenvalue weighted by molar-refractivity contribution is 0.0689. The molecule has 0 radical (unpaired) electrons. The third kappa shape index (κ3) is 2.54. The van der Waals surface area contributed by atoms with Crippen LogP contribution in [0.1, 0.15) is 21.6 Å². The summed E-state index contributed by atoms with van der Waals surface area (Å²) >= 11 is 0. The average Bonchev–Trinajstić information content (AvgIpc) is 2.39. The SMILES string of the molecule is COc1cc(C)ccc1-c1ncc(C)c(C(=O)O)n1. The maximum atomic E-state index is 11.1. The predicted octanol–water partition coefficient (Wildman–Crippen LogP) is 2.47. The van der Waals surface area contributed by atoms with Crippen LogP contribution in [0.25, 0.3) is 11.4 Å². The van der Waals surface area contributed by atoms with Crippen LogP contribution in [0.5, 0.6) is 5.75 Å². The normalized spacial score (nSPS) is 10.3. The highest BCUT2D eigenvalue weighted by Gasteiger charge is 2.14. The fourth-order valence-corrected chi connectivity index (χ4v) is 1.77. The van der Waals surface area contributed by atoms with Gasteiger partial charge in [0.15, 0.2) is 11.5 Å². The van der Waals surface area contributed by atoms with Crippen molar-refractivity contribution < 1.29 is 14.6 Å². The maximum Gasteiger partial charge on any atom is 0.354 e. The van der Waals surface area contributed by atoms with Crippen molar-refractivity contribution in [3.05, 3.63) is 41.2 Å². The minimum atomic E-state index is -1.06. The molecule has 19 heavy (non-hydrogen) atoms. The number of aromatic carboxylic acids is 1. The van der Waals surface area contributed by atoms with Crippen LogP contribution in [-0.4, -0.2) is 28.2 Å². The lowest BCUT2D eigenvalue weighted by atomic mass is 10.1. The van der Waals surface area contributed by atoms with E-state index in [1.807, 2.05) is 25.1 Å². The molecule has 1 heterocycles. The minimum absolute atomic E-state index is 0.00706. The summed E-state index contributed by atoms with van der Waals surface area (Å²) in [5, 5.41) is 9.09. The molecule has 0 amide bonds. The van der Waals surface area contributed by atoms with E-state index in [4.69, 9.17) is 9.84 Å². The van der Waals surface area contributed by atoms with Gasteiger partial charge < -0.3 is 9.84 Å². The lowest BCUT2D eigenvalue weighted by Crippen LogP contribution is -2.06. The Balaban J connectivity index is 2.59. The van der Waals surface area contributed by atoms with E-state index in [-0.39, 0.29) is 5.69 Å². The molecule has 0 saturated heterocycles. The number of aromatic nitrogens is 2. The maximum absolute atomic E-state index is 11.1. The summed E-state index contributed by atoms with van der Waals surface area (Å²) < 4.78 is 5.28. The number of carboxylic acids is 1. The number of hydrogen-bond donors (Lipinski definition) is 1. The highest BCUT2D eigenvalue weighted by Crippen LogP contribution is 2.28. The Hall–Kier alpha value is -2.43. The van der Waals surface area contributed by atoms with Crippen LogP contribution < -0.4 is 4.74 Å². The van der Waals surface area contributed by atoms with Crippen molar-refractivity contribution in [3.8, 4) is 17.1 Å². The molecule has 5 nitrogen and oxygen atoms in total. The zero-order chi connectivity index (χ0) is 14.0. The van der Waals surface area contributed by atoms with E-state index in [2.05, 4.69) is 9.97 Å². The first-order valence-corrected chi connectivity index (χ1v) is 5.75. The second-order valence-electron chi connectivity index (χ2n) is 4.23. The highest BCUT2D eigenvalue weighted by molar-refractivity contribution is 5.87. The Morgan fingerprint density at radius 1 is 1.32 bits per heavy atom. The summed E-state index contributed by atoms with van der Waals surface area (Å²) in [6.07, 6.45) is 1.51. The molecule has 98 valence electrons. The largest absolute Gasteiger partial charge is 0.496 e. The van der Waals surface area contributed by atoms with Gasteiger partial charge in [-0.3, -0.25) is 0 Å². The monoisotopic (exact) mass is 258 g/mol. The molecule has 2 rings (SSSR count). The Morgan fingerprint density at radius 2 is 2.05 bits per heavy atom. The first-order valence-electron chi connectivity index (χ1n) is 5.75. The second-order valence-corrected chi connectivity index (χ2v) is 4.23. The molecule has 0 fully saturated rings. The molecule has 1 aromatic heterocycles. The molecule has 5 heteroatoms. The summed E-state index contributed by atoms with van der Waals surface area (Å²) in [6, 6.07) is 5.59. The summed E-state index contributed by atoms with van der Waals surface area (Å²) in [5.41, 5.74) is 2.26. The summed E-state index contributed by atoms with van der Waals surface area (Å²) in [7, 11) is 1.56. The Bertz CT molecular complexity index is 639. The van der Waals surface area contributed by atoms with Crippen LogP contribution in [0.4, 0.5) is 0 Å². The summed E-state index contributed by atoms with van der Waals surface area (Å²) in [6.45, 7) is 3.62. The van der Waals surface area contributed by atoms with Crippen molar-refractivity contribution in [2.24, 2.45) is 0 Å². The number of aryl methyl sites for hydroxylation is 2. The molecule has 0 saturated carbocycles. The van der Waals surface area contributed by atoms with Crippen molar-refractivity contribution in [2.75, 3.05) is 7.11 Å². The number of nitrogens with zero attached hydrogens (tertiary/aromatic N) is 2. The third-order valence-electron chi connectivity index (χ3n) is 2.77. The van der Waals surface area contributed by atoms with Crippen LogP contribution in [0, 0.1) is 13.8 Å². The Morgan fingerprint density at radius 3 is 2.68 bits per heavy atom. The molecule has 1 aromatic carbocycles. The molecule has 0 aliphatic heterocycles. The molecule has 2 aromatic rings. The van der Waals surface area contributed by atoms with Crippen LogP contribution in [-0.2, 0) is 0 Å². The van der Waals surface area contributed by atoms with Crippen LogP contribution in [0.2, 0.25) is 0 Å². The van der Waals surface area contributed by atoms with Gasteiger partial charge in [-0.15, -0.1) is 0 Å². The van der Waals surface area contributed by atoms with E-state index < -0.39 is 5.97 Å². The van der Waals surface area contributed by atoms with Gasteiger partial charge in [0.05, 0.1) is 12.7 Å². The van der Waals surface area contributed by atoms with Crippen LogP contribution in [0.15, 0.2) is 24.4 Å². The van der Waals surface area contributed by atoms with E-state index in [0.29, 0.717) is 22.7 Å². The van der Waals surface area contributed by atoms with Gasteiger partial charge in [-0.2, -0.15) is 0 Å². The lowest BCUT2D eigenvalue weighted by Gasteiger charge is -2.09. The Kier molecular flexibility index (Phi) is 3.46. The van der Waals surface area contributed by atoms with Crippen molar-refractivity contribution in [3.63, 3.8) is 0 Å². The van der Waals surface area contributed by atoms with Gasteiger partial charge in [0.2, 0.25) is 0 Å². The third-order valence-corrected chi connectivity index (χ3v) is 2.77. The quantitative estimate of drug-likeness (QED) is 0.915. The molecular formula is C14H14N2O3. The van der Waals surface area contributed by atoms with Crippen molar-refractivity contribution in [2.45, 2.75) is 13.8 Å². The molecule has 0 aliphatic rings. The minimum Gasteiger partial charge on any atom is -0.496 e. The average molecular weight is 258 g/mol. The van der Waals surface area contributed by atoms with E-state index >= 15 is 0 Å². The van der Waals surface area contributed by atoms with Gasteiger partial charge in [0, 0.05) is 11.8 Å². The van der Waals surface area contributed by atoms with Gasteiger partial charge in [0.1, 0.15) is 5.75 Å².